The summed E-state index contributed by atoms with van der Waals surface area (Å²) < 4.78 is 5.53. The SMILES string of the molecule is Cc1cccc(CN2C(=O)S/C(=C\c3ccc(OCC(=O)Nc4ccc(Cl)cc4)c(Cl)c3)C2=O)c1. The summed E-state index contributed by atoms with van der Waals surface area (Å²) in [7, 11) is 0. The Morgan fingerprint density at radius 2 is 1.83 bits per heavy atom. The number of hydrogen-bond donors (Lipinski definition) is 1. The van der Waals surface area contributed by atoms with Crippen LogP contribution in [0, 0.1) is 6.92 Å². The third kappa shape index (κ3) is 6.45. The number of amides is 3. The summed E-state index contributed by atoms with van der Waals surface area (Å²) in [6, 6.07) is 19.3. The van der Waals surface area contributed by atoms with E-state index in [0.29, 0.717) is 26.9 Å². The third-order valence-corrected chi connectivity index (χ3v) is 6.49. The molecule has 1 aliphatic rings. The molecule has 0 bridgehead atoms. The van der Waals surface area contributed by atoms with Crippen molar-refractivity contribution in [2.24, 2.45) is 0 Å². The quantitative estimate of drug-likeness (QED) is 0.353. The Kier molecular flexibility index (Phi) is 7.80. The lowest BCUT2D eigenvalue weighted by molar-refractivity contribution is -0.123. The first-order valence-electron chi connectivity index (χ1n) is 10.6. The monoisotopic (exact) mass is 526 g/mol. The standard InChI is InChI=1S/C26H20Cl2N2O4S/c1-16-3-2-4-18(11-16)14-30-25(32)23(35-26(30)33)13-17-5-10-22(21(28)12-17)34-15-24(31)29-20-8-6-19(27)7-9-20/h2-13H,14-15H2,1H3,(H,29,31)/b23-13-. The number of aryl methyl sites for hydroxylation is 1. The number of carbonyl (C=O) groups is 3. The van der Waals surface area contributed by atoms with Gasteiger partial charge in [0.05, 0.1) is 16.5 Å². The molecule has 6 nitrogen and oxygen atoms in total. The van der Waals surface area contributed by atoms with Crippen LogP contribution in [0.5, 0.6) is 5.75 Å². The van der Waals surface area contributed by atoms with Crippen LogP contribution in [0.4, 0.5) is 10.5 Å². The Morgan fingerprint density at radius 1 is 1.06 bits per heavy atom. The van der Waals surface area contributed by atoms with Crippen molar-refractivity contribution >= 4 is 63.8 Å². The predicted octanol–water partition coefficient (Wildman–Crippen LogP) is 6.56. The molecule has 3 aromatic rings. The summed E-state index contributed by atoms with van der Waals surface area (Å²) in [6.45, 7) is 1.94. The van der Waals surface area contributed by atoms with E-state index < -0.39 is 0 Å². The van der Waals surface area contributed by atoms with Crippen LogP contribution in [-0.2, 0) is 16.1 Å². The summed E-state index contributed by atoms with van der Waals surface area (Å²) in [4.78, 5) is 38.9. The van der Waals surface area contributed by atoms with Crippen molar-refractivity contribution in [1.29, 1.82) is 0 Å². The molecule has 1 heterocycles. The first kappa shape index (κ1) is 24.9. The van der Waals surface area contributed by atoms with Crippen molar-refractivity contribution in [2.75, 3.05) is 11.9 Å². The lowest BCUT2D eigenvalue weighted by Gasteiger charge is -2.12. The number of anilines is 1. The fraction of sp³-hybridized carbons (Fsp3) is 0.115. The second-order valence-corrected chi connectivity index (χ2v) is 9.63. The molecule has 0 atom stereocenters. The van der Waals surface area contributed by atoms with E-state index in [1.807, 2.05) is 31.2 Å². The van der Waals surface area contributed by atoms with E-state index in [4.69, 9.17) is 27.9 Å². The highest BCUT2D eigenvalue weighted by Gasteiger charge is 2.35. The van der Waals surface area contributed by atoms with Crippen molar-refractivity contribution in [3.8, 4) is 5.75 Å². The van der Waals surface area contributed by atoms with E-state index in [9.17, 15) is 14.4 Å². The van der Waals surface area contributed by atoms with E-state index in [1.54, 1.807) is 48.5 Å². The number of rotatable bonds is 7. The molecule has 1 N–H and O–H groups in total. The van der Waals surface area contributed by atoms with Gasteiger partial charge in [0, 0.05) is 10.7 Å². The number of thioether (sulfide) groups is 1. The zero-order valence-corrected chi connectivity index (χ0v) is 20.9. The average Bonchev–Trinajstić information content (AvgIpc) is 3.07. The van der Waals surface area contributed by atoms with Crippen LogP contribution in [0.25, 0.3) is 6.08 Å². The number of nitrogens with one attached hydrogen (secondary N) is 1. The molecule has 0 spiro atoms. The third-order valence-electron chi connectivity index (χ3n) is 5.04. The van der Waals surface area contributed by atoms with Gasteiger partial charge in [-0.3, -0.25) is 19.3 Å². The molecule has 3 aromatic carbocycles. The second-order valence-electron chi connectivity index (χ2n) is 7.79. The number of benzene rings is 3. The van der Waals surface area contributed by atoms with Crippen molar-refractivity contribution < 1.29 is 19.1 Å². The molecule has 0 aromatic heterocycles. The molecule has 1 saturated heterocycles. The van der Waals surface area contributed by atoms with Gasteiger partial charge in [0.2, 0.25) is 0 Å². The summed E-state index contributed by atoms with van der Waals surface area (Å²) in [5.74, 6) is -0.380. The molecular weight excluding hydrogens is 507 g/mol. The predicted molar refractivity (Wildman–Crippen MR) is 140 cm³/mol. The maximum absolute atomic E-state index is 12.8. The van der Waals surface area contributed by atoms with Crippen LogP contribution in [-0.4, -0.2) is 28.6 Å². The van der Waals surface area contributed by atoms with Crippen molar-refractivity contribution in [1.82, 2.24) is 4.90 Å². The van der Waals surface area contributed by atoms with Crippen LogP contribution >= 0.6 is 35.0 Å². The Labute approximate surface area is 216 Å². The van der Waals surface area contributed by atoms with Gasteiger partial charge in [-0.1, -0.05) is 59.1 Å². The molecule has 0 saturated carbocycles. The van der Waals surface area contributed by atoms with Crippen molar-refractivity contribution in [3.05, 3.63) is 98.4 Å². The largest absolute Gasteiger partial charge is 0.482 e. The number of imide groups is 1. The Balaban J connectivity index is 1.38. The van der Waals surface area contributed by atoms with Gasteiger partial charge < -0.3 is 10.1 Å². The number of halogens is 2. The lowest BCUT2D eigenvalue weighted by atomic mass is 10.1. The second kappa shape index (κ2) is 11.0. The first-order valence-corrected chi connectivity index (χ1v) is 12.1. The highest BCUT2D eigenvalue weighted by molar-refractivity contribution is 8.18. The number of carbonyl (C=O) groups excluding carboxylic acids is 3. The Hall–Kier alpha value is -3.26. The number of nitrogens with zero attached hydrogens (tertiary/aromatic N) is 1. The van der Waals surface area contributed by atoms with E-state index in [0.717, 1.165) is 22.9 Å². The Bertz CT molecular complexity index is 1330. The molecule has 0 radical (unpaired) electrons. The van der Waals surface area contributed by atoms with Gasteiger partial charge in [0.25, 0.3) is 17.1 Å². The van der Waals surface area contributed by atoms with Crippen LogP contribution < -0.4 is 10.1 Å². The molecule has 178 valence electrons. The number of ether oxygens (including phenoxy) is 1. The zero-order chi connectivity index (χ0) is 24.9. The summed E-state index contributed by atoms with van der Waals surface area (Å²) in [5.41, 5.74) is 3.18. The molecule has 1 fully saturated rings. The first-order chi connectivity index (χ1) is 16.8. The van der Waals surface area contributed by atoms with E-state index in [1.165, 1.54) is 4.90 Å². The zero-order valence-electron chi connectivity index (χ0n) is 18.6. The fourth-order valence-corrected chi connectivity index (χ4v) is 4.59. The van der Waals surface area contributed by atoms with Crippen LogP contribution in [0.2, 0.25) is 10.0 Å². The molecule has 35 heavy (non-hydrogen) atoms. The molecular formula is C26H20Cl2N2O4S. The molecule has 1 aliphatic heterocycles. The van der Waals surface area contributed by atoms with Gasteiger partial charge >= 0.3 is 0 Å². The van der Waals surface area contributed by atoms with Crippen LogP contribution in [0.15, 0.2) is 71.6 Å². The number of hydrogen-bond acceptors (Lipinski definition) is 5. The van der Waals surface area contributed by atoms with Crippen LogP contribution in [0.3, 0.4) is 0 Å². The summed E-state index contributed by atoms with van der Waals surface area (Å²) in [5, 5.41) is 3.23. The normalized spacial score (nSPS) is 14.5. The van der Waals surface area contributed by atoms with Gasteiger partial charge in [-0.25, -0.2) is 0 Å². The molecule has 3 amide bonds. The molecule has 0 unspecified atom stereocenters. The maximum atomic E-state index is 12.8. The van der Waals surface area contributed by atoms with Gasteiger partial charge in [0.15, 0.2) is 6.61 Å². The van der Waals surface area contributed by atoms with Gasteiger partial charge in [-0.15, -0.1) is 0 Å². The lowest BCUT2D eigenvalue weighted by Crippen LogP contribution is -2.27. The molecule has 9 heteroatoms. The van der Waals surface area contributed by atoms with Gasteiger partial charge in [0.1, 0.15) is 5.75 Å². The fourth-order valence-electron chi connectivity index (χ4n) is 3.38. The Morgan fingerprint density at radius 3 is 2.54 bits per heavy atom. The van der Waals surface area contributed by atoms with E-state index in [-0.39, 0.29) is 35.2 Å². The van der Waals surface area contributed by atoms with Crippen molar-refractivity contribution in [3.63, 3.8) is 0 Å². The summed E-state index contributed by atoms with van der Waals surface area (Å²) in [6.07, 6.45) is 1.62. The molecule has 0 aliphatic carbocycles. The minimum atomic E-state index is -0.352. The van der Waals surface area contributed by atoms with Gasteiger partial charge in [-0.2, -0.15) is 0 Å². The van der Waals surface area contributed by atoms with Crippen LogP contribution in [0.1, 0.15) is 16.7 Å². The van der Waals surface area contributed by atoms with E-state index in [2.05, 4.69) is 5.32 Å². The topological polar surface area (TPSA) is 75.7 Å². The van der Waals surface area contributed by atoms with E-state index >= 15 is 0 Å². The highest BCUT2D eigenvalue weighted by atomic mass is 35.5. The minimum Gasteiger partial charge on any atom is -0.482 e. The molecule has 4 rings (SSSR count). The summed E-state index contributed by atoms with van der Waals surface area (Å²) >= 11 is 13.0. The van der Waals surface area contributed by atoms with Gasteiger partial charge in [-0.05, 0) is 72.3 Å². The highest BCUT2D eigenvalue weighted by Crippen LogP contribution is 2.34. The van der Waals surface area contributed by atoms with Crippen molar-refractivity contribution in [2.45, 2.75) is 13.5 Å². The average molecular weight is 527 g/mol. The smallest absolute Gasteiger partial charge is 0.293 e. The maximum Gasteiger partial charge on any atom is 0.293 e. The minimum absolute atomic E-state index is 0.218.